The predicted molar refractivity (Wildman–Crippen MR) is 146 cm³/mol. The molecule has 11 unspecified atom stereocenters. The van der Waals surface area contributed by atoms with E-state index in [4.69, 9.17) is 9.47 Å². The van der Waals surface area contributed by atoms with Crippen molar-refractivity contribution in [3.63, 3.8) is 0 Å². The second-order valence-electron chi connectivity index (χ2n) is 14.5. The SMILES string of the molecule is CC(CCC(=O)OCC(=O)OC1CCCCC1)C1CCC2C3C(O)CC4CC(O)CCC4(C)C3CC(O)C12C. The Kier molecular flexibility index (Phi) is 8.72. The summed E-state index contributed by atoms with van der Waals surface area (Å²) >= 11 is 0. The quantitative estimate of drug-likeness (QED) is 0.392. The summed E-state index contributed by atoms with van der Waals surface area (Å²) in [7, 11) is 0. The van der Waals surface area contributed by atoms with Crippen molar-refractivity contribution in [3.8, 4) is 0 Å². The zero-order valence-electron chi connectivity index (χ0n) is 24.4. The lowest BCUT2D eigenvalue weighted by Crippen LogP contribution is -2.62. The van der Waals surface area contributed by atoms with Gasteiger partial charge in [-0.1, -0.05) is 27.2 Å². The number of hydrogen-bond acceptors (Lipinski definition) is 7. The zero-order valence-corrected chi connectivity index (χ0v) is 24.4. The molecule has 0 bridgehead atoms. The Hall–Kier alpha value is -1.18. The zero-order chi connectivity index (χ0) is 27.9. The fourth-order valence-corrected chi connectivity index (χ4v) is 10.3. The number of carbonyl (C=O) groups excluding carboxylic acids is 2. The normalized spacial score (nSPS) is 45.0. The number of hydrogen-bond donors (Lipinski definition) is 3. The van der Waals surface area contributed by atoms with Gasteiger partial charge < -0.3 is 24.8 Å². The van der Waals surface area contributed by atoms with Crippen LogP contribution >= 0.6 is 0 Å². The third-order valence-corrected chi connectivity index (χ3v) is 12.5. The average molecular weight is 549 g/mol. The van der Waals surface area contributed by atoms with Gasteiger partial charge in [0.05, 0.1) is 18.3 Å². The van der Waals surface area contributed by atoms with E-state index >= 15 is 0 Å². The lowest BCUT2D eigenvalue weighted by atomic mass is 9.43. The second kappa shape index (κ2) is 11.6. The minimum absolute atomic E-state index is 0.0385. The molecule has 5 rings (SSSR count). The monoisotopic (exact) mass is 548 g/mol. The number of aliphatic hydroxyl groups is 3. The Morgan fingerprint density at radius 1 is 0.897 bits per heavy atom. The smallest absolute Gasteiger partial charge is 0.344 e. The summed E-state index contributed by atoms with van der Waals surface area (Å²) in [5, 5.41) is 33.5. The fourth-order valence-electron chi connectivity index (χ4n) is 10.3. The molecule has 5 saturated carbocycles. The summed E-state index contributed by atoms with van der Waals surface area (Å²) in [5.74, 6) is 0.721. The third kappa shape index (κ3) is 5.53. The molecule has 0 saturated heterocycles. The third-order valence-electron chi connectivity index (χ3n) is 12.5. The molecule has 0 aromatic heterocycles. The van der Waals surface area contributed by atoms with Crippen molar-refractivity contribution in [2.24, 2.45) is 46.3 Å². The van der Waals surface area contributed by atoms with Crippen LogP contribution in [0.25, 0.3) is 0 Å². The van der Waals surface area contributed by atoms with Gasteiger partial charge in [0.15, 0.2) is 6.61 Å². The Morgan fingerprint density at radius 3 is 2.38 bits per heavy atom. The molecule has 0 spiro atoms. The van der Waals surface area contributed by atoms with Gasteiger partial charge in [-0.05, 0) is 123 Å². The first-order chi connectivity index (χ1) is 18.5. The van der Waals surface area contributed by atoms with Crippen molar-refractivity contribution in [1.82, 2.24) is 0 Å². The maximum Gasteiger partial charge on any atom is 0.344 e. The van der Waals surface area contributed by atoms with Crippen LogP contribution in [0.15, 0.2) is 0 Å². The van der Waals surface area contributed by atoms with Crippen molar-refractivity contribution in [2.75, 3.05) is 6.61 Å². The average Bonchev–Trinajstić information content (AvgIpc) is 3.26. The van der Waals surface area contributed by atoms with Gasteiger partial charge in [-0.2, -0.15) is 0 Å². The summed E-state index contributed by atoms with van der Waals surface area (Å²) in [4.78, 5) is 24.6. The van der Waals surface area contributed by atoms with Crippen LogP contribution in [0.3, 0.4) is 0 Å². The van der Waals surface area contributed by atoms with E-state index in [-0.39, 0.29) is 77.7 Å². The van der Waals surface area contributed by atoms with Gasteiger partial charge in [-0.25, -0.2) is 4.79 Å². The van der Waals surface area contributed by atoms with Crippen LogP contribution in [0.2, 0.25) is 0 Å². The highest BCUT2D eigenvalue weighted by Crippen LogP contribution is 2.68. The minimum atomic E-state index is -0.455. The summed E-state index contributed by atoms with van der Waals surface area (Å²) < 4.78 is 10.7. The van der Waals surface area contributed by atoms with Crippen LogP contribution in [0.5, 0.6) is 0 Å². The van der Waals surface area contributed by atoms with E-state index in [0.717, 1.165) is 64.2 Å². The molecule has 0 aliphatic heterocycles. The lowest BCUT2D eigenvalue weighted by Gasteiger charge is -2.63. The van der Waals surface area contributed by atoms with Crippen LogP contribution in [-0.4, -0.2) is 58.3 Å². The first-order valence-electron chi connectivity index (χ1n) is 15.9. The van der Waals surface area contributed by atoms with Gasteiger partial charge in [0.2, 0.25) is 0 Å². The van der Waals surface area contributed by atoms with Crippen molar-refractivity contribution in [3.05, 3.63) is 0 Å². The molecule has 5 aliphatic rings. The largest absolute Gasteiger partial charge is 0.460 e. The molecule has 5 aliphatic carbocycles. The van der Waals surface area contributed by atoms with E-state index in [1.807, 2.05) is 0 Å². The molecule has 7 heteroatoms. The molecule has 0 heterocycles. The molecular formula is C32H52O7. The van der Waals surface area contributed by atoms with E-state index in [1.54, 1.807) is 0 Å². The first kappa shape index (κ1) is 29.3. The van der Waals surface area contributed by atoms with Gasteiger partial charge in [0.1, 0.15) is 6.10 Å². The second-order valence-corrected chi connectivity index (χ2v) is 14.5. The fraction of sp³-hybridized carbons (Fsp3) is 0.938. The van der Waals surface area contributed by atoms with Crippen molar-refractivity contribution < 1.29 is 34.4 Å². The van der Waals surface area contributed by atoms with Gasteiger partial charge in [0, 0.05) is 6.42 Å². The molecule has 5 fully saturated rings. The van der Waals surface area contributed by atoms with Crippen LogP contribution in [0, 0.1) is 46.3 Å². The molecule has 7 nitrogen and oxygen atoms in total. The molecule has 0 amide bonds. The molecule has 0 aromatic rings. The molecular weight excluding hydrogens is 496 g/mol. The highest BCUT2D eigenvalue weighted by atomic mass is 16.6. The number of fused-ring (bicyclic) bond motifs is 5. The van der Waals surface area contributed by atoms with Gasteiger partial charge in [0.25, 0.3) is 0 Å². The molecule has 39 heavy (non-hydrogen) atoms. The summed E-state index contributed by atoms with van der Waals surface area (Å²) in [6.07, 6.45) is 10.9. The minimum Gasteiger partial charge on any atom is -0.460 e. The number of ether oxygens (including phenoxy) is 2. The van der Waals surface area contributed by atoms with E-state index in [0.29, 0.717) is 18.8 Å². The molecule has 0 aromatic carbocycles. The van der Waals surface area contributed by atoms with Crippen molar-refractivity contribution in [2.45, 2.75) is 135 Å². The number of esters is 2. The number of rotatable bonds is 7. The molecule has 222 valence electrons. The topological polar surface area (TPSA) is 113 Å². The highest BCUT2D eigenvalue weighted by molar-refractivity contribution is 5.76. The first-order valence-corrected chi connectivity index (χ1v) is 15.9. The number of carbonyl (C=O) groups is 2. The number of aliphatic hydroxyl groups excluding tert-OH is 3. The highest BCUT2D eigenvalue weighted by Gasteiger charge is 2.65. The predicted octanol–water partition coefficient (Wildman–Crippen LogP) is 4.78. The van der Waals surface area contributed by atoms with Crippen LogP contribution < -0.4 is 0 Å². The van der Waals surface area contributed by atoms with E-state index in [9.17, 15) is 24.9 Å². The molecule has 11 atom stereocenters. The van der Waals surface area contributed by atoms with Gasteiger partial charge in [-0.15, -0.1) is 0 Å². The van der Waals surface area contributed by atoms with Gasteiger partial charge in [-0.3, -0.25) is 4.79 Å². The molecule has 0 radical (unpaired) electrons. The van der Waals surface area contributed by atoms with Crippen molar-refractivity contribution in [1.29, 1.82) is 0 Å². The Labute approximate surface area is 234 Å². The summed E-state index contributed by atoms with van der Waals surface area (Å²) in [6, 6.07) is 0. The molecule has 3 N–H and O–H groups in total. The van der Waals surface area contributed by atoms with E-state index in [1.165, 1.54) is 6.42 Å². The van der Waals surface area contributed by atoms with Gasteiger partial charge >= 0.3 is 11.9 Å². The lowest BCUT2D eigenvalue weighted by molar-refractivity contribution is -0.207. The summed E-state index contributed by atoms with van der Waals surface area (Å²) in [6.45, 7) is 6.45. The maximum atomic E-state index is 12.5. The summed E-state index contributed by atoms with van der Waals surface area (Å²) in [5.41, 5.74) is -0.219. The maximum absolute atomic E-state index is 12.5. The van der Waals surface area contributed by atoms with Crippen LogP contribution in [-0.2, 0) is 19.1 Å². The van der Waals surface area contributed by atoms with Crippen LogP contribution in [0.1, 0.15) is 111 Å². The Bertz CT molecular complexity index is 886. The van der Waals surface area contributed by atoms with E-state index < -0.39 is 12.1 Å². The van der Waals surface area contributed by atoms with E-state index in [2.05, 4.69) is 20.8 Å². The van der Waals surface area contributed by atoms with Crippen molar-refractivity contribution >= 4 is 11.9 Å². The standard InChI is InChI=1S/C32H52O7/c1-19(9-12-28(36)38-18-29(37)39-22-7-5-4-6-8-22)23-10-11-24-30-25(17-27(35)32(23,24)3)31(2)14-13-21(33)15-20(31)16-26(30)34/h19-27,30,33-35H,4-18H2,1-3H3. The van der Waals surface area contributed by atoms with Crippen LogP contribution in [0.4, 0.5) is 0 Å². The Balaban J connectivity index is 1.17. The Morgan fingerprint density at radius 2 is 1.64 bits per heavy atom.